The van der Waals surface area contributed by atoms with E-state index in [1.807, 2.05) is 36.4 Å². The van der Waals surface area contributed by atoms with Gasteiger partial charge >= 0.3 is 6.03 Å². The lowest BCUT2D eigenvalue weighted by molar-refractivity contribution is 0.187. The number of aromatic amines is 1. The molecule has 1 aliphatic rings. The minimum absolute atomic E-state index is 0.0966. The summed E-state index contributed by atoms with van der Waals surface area (Å²) < 4.78 is 5.33. The van der Waals surface area contributed by atoms with Gasteiger partial charge in [-0.15, -0.1) is 0 Å². The molecule has 2 N–H and O–H groups in total. The number of carbonyl (C=O) groups is 1. The van der Waals surface area contributed by atoms with Crippen LogP contribution in [0.1, 0.15) is 48.8 Å². The number of aryl methyl sites for hydroxylation is 1. The van der Waals surface area contributed by atoms with Gasteiger partial charge in [0.25, 0.3) is 5.56 Å². The minimum Gasteiger partial charge on any atom is -0.497 e. The van der Waals surface area contributed by atoms with Crippen LogP contribution < -0.4 is 15.6 Å². The molecule has 1 aliphatic carbocycles. The van der Waals surface area contributed by atoms with E-state index in [0.717, 1.165) is 48.8 Å². The molecular formula is C27H33N3O3. The van der Waals surface area contributed by atoms with E-state index in [4.69, 9.17) is 4.74 Å². The summed E-state index contributed by atoms with van der Waals surface area (Å²) in [6, 6.07) is 15.8. The van der Waals surface area contributed by atoms with Crippen LogP contribution in [0, 0.1) is 6.92 Å². The number of urea groups is 1. The van der Waals surface area contributed by atoms with Crippen LogP contribution in [0.4, 0.5) is 4.79 Å². The zero-order chi connectivity index (χ0) is 23.2. The van der Waals surface area contributed by atoms with Crippen LogP contribution in [0.3, 0.4) is 0 Å². The van der Waals surface area contributed by atoms with Gasteiger partial charge in [0.2, 0.25) is 0 Å². The Morgan fingerprint density at radius 2 is 1.88 bits per heavy atom. The average Bonchev–Trinajstić information content (AvgIpc) is 2.83. The maximum atomic E-state index is 13.3. The van der Waals surface area contributed by atoms with Gasteiger partial charge in [-0.25, -0.2) is 4.79 Å². The van der Waals surface area contributed by atoms with Crippen LogP contribution in [0.5, 0.6) is 5.75 Å². The van der Waals surface area contributed by atoms with E-state index in [1.165, 1.54) is 17.5 Å². The molecule has 2 aromatic carbocycles. The van der Waals surface area contributed by atoms with E-state index in [9.17, 15) is 9.59 Å². The van der Waals surface area contributed by atoms with Crippen molar-refractivity contribution in [2.75, 3.05) is 13.7 Å². The van der Waals surface area contributed by atoms with E-state index in [1.54, 1.807) is 12.0 Å². The van der Waals surface area contributed by atoms with Gasteiger partial charge in [-0.05, 0) is 61.6 Å². The first kappa shape index (κ1) is 22.9. The molecule has 0 unspecified atom stereocenters. The molecule has 1 saturated carbocycles. The van der Waals surface area contributed by atoms with Gasteiger partial charge in [0, 0.05) is 29.1 Å². The molecule has 0 radical (unpaired) electrons. The first-order valence-electron chi connectivity index (χ1n) is 11.8. The second-order valence-electron chi connectivity index (χ2n) is 8.96. The Bertz CT molecular complexity index is 1160. The maximum absolute atomic E-state index is 13.3. The van der Waals surface area contributed by atoms with E-state index in [2.05, 4.69) is 29.4 Å². The molecule has 6 nitrogen and oxygen atoms in total. The van der Waals surface area contributed by atoms with E-state index >= 15 is 0 Å². The summed E-state index contributed by atoms with van der Waals surface area (Å²) in [5.41, 5.74) is 3.58. The fourth-order valence-electron chi connectivity index (χ4n) is 4.59. The number of aromatic nitrogens is 1. The van der Waals surface area contributed by atoms with Crippen LogP contribution in [-0.4, -0.2) is 35.6 Å². The molecule has 174 valence electrons. The molecule has 1 heterocycles. The zero-order valence-corrected chi connectivity index (χ0v) is 19.5. The Hall–Kier alpha value is -3.28. The Balaban J connectivity index is 1.57. The Morgan fingerprint density at radius 1 is 1.09 bits per heavy atom. The first-order valence-corrected chi connectivity index (χ1v) is 11.8. The molecule has 4 rings (SSSR count). The monoisotopic (exact) mass is 447 g/mol. The number of rotatable bonds is 7. The average molecular weight is 448 g/mol. The van der Waals surface area contributed by atoms with Crippen molar-refractivity contribution in [1.82, 2.24) is 15.2 Å². The van der Waals surface area contributed by atoms with Crippen molar-refractivity contribution in [3.05, 3.63) is 75.6 Å². The molecule has 0 saturated heterocycles. The number of nitrogens with one attached hydrogen (secondary N) is 2. The van der Waals surface area contributed by atoms with Crippen LogP contribution in [0.15, 0.2) is 53.3 Å². The van der Waals surface area contributed by atoms with E-state index in [0.29, 0.717) is 12.1 Å². The molecular weight excluding hydrogens is 414 g/mol. The van der Waals surface area contributed by atoms with Crippen molar-refractivity contribution in [1.29, 1.82) is 0 Å². The topological polar surface area (TPSA) is 74.4 Å². The quantitative estimate of drug-likeness (QED) is 0.539. The van der Waals surface area contributed by atoms with Crippen molar-refractivity contribution in [2.24, 2.45) is 0 Å². The van der Waals surface area contributed by atoms with Crippen molar-refractivity contribution >= 4 is 16.9 Å². The third kappa shape index (κ3) is 5.75. The molecule has 1 fully saturated rings. The number of amides is 2. The standard InChI is InChI=1S/C27H33N3O3/c1-19-8-6-7-9-20(19)14-15-30(27(32)28-23-10-4-3-5-11-23)18-22-16-21-17-24(33-2)12-13-25(21)29-26(22)31/h6-9,12-13,16-17,23H,3-5,10-11,14-15,18H2,1-2H3,(H,28,32)(H,29,31). The molecule has 33 heavy (non-hydrogen) atoms. The fraction of sp³-hybridized carbons (Fsp3) is 0.407. The van der Waals surface area contributed by atoms with Crippen LogP contribution in [0.2, 0.25) is 0 Å². The van der Waals surface area contributed by atoms with Gasteiger partial charge in [-0.3, -0.25) is 4.79 Å². The van der Waals surface area contributed by atoms with Crippen LogP contribution in [-0.2, 0) is 13.0 Å². The van der Waals surface area contributed by atoms with Gasteiger partial charge in [0.15, 0.2) is 0 Å². The minimum atomic E-state index is -0.168. The molecule has 6 heteroatoms. The molecule has 2 amide bonds. The number of fused-ring (bicyclic) bond motifs is 1. The largest absolute Gasteiger partial charge is 0.497 e. The summed E-state index contributed by atoms with van der Waals surface area (Å²) in [5, 5.41) is 4.10. The van der Waals surface area contributed by atoms with Crippen molar-refractivity contribution in [2.45, 2.75) is 58.0 Å². The highest BCUT2D eigenvalue weighted by Gasteiger charge is 2.21. The number of pyridine rings is 1. The van der Waals surface area contributed by atoms with Gasteiger partial charge in [-0.1, -0.05) is 43.5 Å². The summed E-state index contributed by atoms with van der Waals surface area (Å²) in [5.74, 6) is 0.729. The van der Waals surface area contributed by atoms with Gasteiger partial charge in [0.1, 0.15) is 5.75 Å². The highest BCUT2D eigenvalue weighted by Crippen LogP contribution is 2.20. The number of nitrogens with zero attached hydrogens (tertiary/aromatic N) is 1. The molecule has 0 atom stereocenters. The molecule has 1 aromatic heterocycles. The van der Waals surface area contributed by atoms with Gasteiger partial charge < -0.3 is 19.9 Å². The molecule has 3 aromatic rings. The summed E-state index contributed by atoms with van der Waals surface area (Å²) in [6.45, 7) is 2.88. The Labute approximate surface area is 195 Å². The lowest BCUT2D eigenvalue weighted by atomic mass is 9.96. The summed E-state index contributed by atoms with van der Waals surface area (Å²) in [7, 11) is 1.62. The lowest BCUT2D eigenvalue weighted by Gasteiger charge is -2.28. The number of hydrogen-bond donors (Lipinski definition) is 2. The van der Waals surface area contributed by atoms with Crippen LogP contribution >= 0.6 is 0 Å². The smallest absolute Gasteiger partial charge is 0.317 e. The Kier molecular flexibility index (Phi) is 7.33. The van der Waals surface area contributed by atoms with Crippen molar-refractivity contribution in [3.63, 3.8) is 0 Å². The van der Waals surface area contributed by atoms with Crippen molar-refractivity contribution in [3.8, 4) is 5.75 Å². The normalized spacial score (nSPS) is 14.2. The first-order chi connectivity index (χ1) is 16.0. The van der Waals surface area contributed by atoms with E-state index < -0.39 is 0 Å². The number of benzene rings is 2. The lowest BCUT2D eigenvalue weighted by Crippen LogP contribution is -2.46. The second-order valence-corrected chi connectivity index (χ2v) is 8.96. The number of H-pyrrole nitrogens is 1. The van der Waals surface area contributed by atoms with E-state index in [-0.39, 0.29) is 24.2 Å². The number of hydrogen-bond acceptors (Lipinski definition) is 3. The predicted molar refractivity (Wildman–Crippen MR) is 132 cm³/mol. The fourth-order valence-corrected chi connectivity index (χ4v) is 4.59. The van der Waals surface area contributed by atoms with Crippen molar-refractivity contribution < 1.29 is 9.53 Å². The highest BCUT2D eigenvalue weighted by molar-refractivity contribution is 5.81. The maximum Gasteiger partial charge on any atom is 0.317 e. The molecule has 0 bridgehead atoms. The van der Waals surface area contributed by atoms with Gasteiger partial charge in [-0.2, -0.15) is 0 Å². The van der Waals surface area contributed by atoms with Crippen LogP contribution in [0.25, 0.3) is 10.9 Å². The third-order valence-electron chi connectivity index (χ3n) is 6.62. The highest BCUT2D eigenvalue weighted by atomic mass is 16.5. The number of ether oxygens (including phenoxy) is 1. The number of carbonyl (C=O) groups excluding carboxylic acids is 1. The second kappa shape index (κ2) is 10.6. The summed E-state index contributed by atoms with van der Waals surface area (Å²) in [6.07, 6.45) is 6.32. The van der Waals surface area contributed by atoms with Gasteiger partial charge in [0.05, 0.1) is 13.7 Å². The molecule has 0 spiro atoms. The number of methoxy groups -OCH3 is 1. The Morgan fingerprint density at radius 3 is 2.64 bits per heavy atom. The SMILES string of the molecule is COc1ccc2[nH]c(=O)c(CN(CCc3ccccc3C)C(=O)NC3CCCCC3)cc2c1. The summed E-state index contributed by atoms with van der Waals surface area (Å²) >= 11 is 0. The third-order valence-corrected chi connectivity index (χ3v) is 6.62. The predicted octanol–water partition coefficient (Wildman–Crippen LogP) is 4.93. The summed E-state index contributed by atoms with van der Waals surface area (Å²) in [4.78, 5) is 30.8. The zero-order valence-electron chi connectivity index (χ0n) is 19.5. The molecule has 0 aliphatic heterocycles.